The van der Waals surface area contributed by atoms with Gasteiger partial charge >= 0.3 is 18.9 Å². The van der Waals surface area contributed by atoms with Crippen LogP contribution in [-0.4, -0.2) is 18.5 Å². The molecule has 3 fully saturated rings. The van der Waals surface area contributed by atoms with Crippen LogP contribution in [0.2, 0.25) is 0 Å². The van der Waals surface area contributed by atoms with E-state index in [1.54, 1.807) is 0 Å². The summed E-state index contributed by atoms with van der Waals surface area (Å²) in [7, 11) is 0. The molecule has 0 aromatic rings. The Labute approximate surface area is 111 Å². The summed E-state index contributed by atoms with van der Waals surface area (Å²) in [5.41, 5.74) is 0.681. The quantitative estimate of drug-likeness (QED) is 0.446. The van der Waals surface area contributed by atoms with Gasteiger partial charge in [0.1, 0.15) is 6.29 Å². The minimum Gasteiger partial charge on any atom is -0.349 e. The maximum Gasteiger partial charge on any atom is 1.00 e. The number of ether oxygens (including phenoxy) is 2. The normalized spacial score (nSPS) is 52.5. The Bertz CT molecular complexity index is 292. The van der Waals surface area contributed by atoms with Gasteiger partial charge in [0, 0.05) is 5.41 Å². The molecule has 3 aliphatic rings. The largest absolute Gasteiger partial charge is 1.00 e. The molecule has 0 amide bonds. The van der Waals surface area contributed by atoms with Crippen molar-refractivity contribution in [2.75, 3.05) is 0 Å². The van der Waals surface area contributed by atoms with Crippen LogP contribution in [0.15, 0.2) is 0 Å². The molecule has 2 bridgehead atoms. The second-order valence-corrected chi connectivity index (χ2v) is 6.16. The van der Waals surface area contributed by atoms with Gasteiger partial charge in [-0.1, -0.05) is 20.8 Å². The van der Waals surface area contributed by atoms with Crippen molar-refractivity contribution in [3.63, 3.8) is 0 Å². The van der Waals surface area contributed by atoms with Crippen molar-refractivity contribution < 1.29 is 28.3 Å². The molecule has 1 aliphatic heterocycles. The Kier molecular flexibility index (Phi) is 3.04. The van der Waals surface area contributed by atoms with E-state index in [1.807, 2.05) is 0 Å². The third kappa shape index (κ3) is 1.28. The standard InChI is InChI=1S/C13H21O2.Li/c1-5-9-14-10-8-6-7-13(4,11(10)15-9)12(8,2)3;/h8-11H,1,5-7H2,2-4H3;/q-1;+1. The Morgan fingerprint density at radius 1 is 1.25 bits per heavy atom. The van der Waals surface area contributed by atoms with Gasteiger partial charge in [-0.15, -0.1) is 6.42 Å². The van der Waals surface area contributed by atoms with Crippen LogP contribution in [0.1, 0.15) is 40.0 Å². The van der Waals surface area contributed by atoms with Crippen LogP contribution >= 0.6 is 0 Å². The number of fused-ring (bicyclic) bond motifs is 5. The molecule has 2 nitrogen and oxygen atoms in total. The number of rotatable bonds is 1. The number of hydrogen-bond acceptors (Lipinski definition) is 2. The molecule has 0 N–H and O–H groups in total. The second kappa shape index (κ2) is 3.75. The molecule has 2 saturated carbocycles. The van der Waals surface area contributed by atoms with Gasteiger partial charge in [-0.3, -0.25) is 0 Å². The molecule has 5 unspecified atom stereocenters. The molecule has 2 aliphatic carbocycles. The van der Waals surface area contributed by atoms with Crippen molar-refractivity contribution in [3.8, 4) is 0 Å². The summed E-state index contributed by atoms with van der Waals surface area (Å²) in [6.45, 7) is 11.0. The van der Waals surface area contributed by atoms with Crippen molar-refractivity contribution in [1.82, 2.24) is 0 Å². The zero-order valence-electron chi connectivity index (χ0n) is 11.0. The fraction of sp³-hybridized carbons (Fsp3) is 0.923. The van der Waals surface area contributed by atoms with Gasteiger partial charge in [-0.25, -0.2) is 0 Å². The Morgan fingerprint density at radius 2 is 1.94 bits per heavy atom. The monoisotopic (exact) mass is 216 g/mol. The van der Waals surface area contributed by atoms with Crippen molar-refractivity contribution >= 4 is 0 Å². The Morgan fingerprint density at radius 3 is 2.50 bits per heavy atom. The van der Waals surface area contributed by atoms with E-state index in [0.29, 0.717) is 29.0 Å². The summed E-state index contributed by atoms with van der Waals surface area (Å²) in [6.07, 6.45) is 3.94. The molecule has 0 spiro atoms. The first kappa shape index (κ1) is 13.0. The molecule has 1 heterocycles. The van der Waals surface area contributed by atoms with Crippen LogP contribution < -0.4 is 18.9 Å². The molecule has 5 atom stereocenters. The van der Waals surface area contributed by atoms with Gasteiger partial charge in [0.2, 0.25) is 0 Å². The van der Waals surface area contributed by atoms with E-state index < -0.39 is 0 Å². The zero-order chi connectivity index (χ0) is 10.8. The number of hydrogen-bond donors (Lipinski definition) is 0. The van der Waals surface area contributed by atoms with Gasteiger partial charge < -0.3 is 16.4 Å². The molecular formula is C13H21LiO2. The molecule has 0 aromatic heterocycles. The summed E-state index contributed by atoms with van der Waals surface area (Å²) in [5, 5.41) is 0. The maximum atomic E-state index is 6.02. The van der Waals surface area contributed by atoms with Crippen LogP contribution in [0, 0.1) is 23.7 Å². The van der Waals surface area contributed by atoms with Crippen LogP contribution in [0.5, 0.6) is 0 Å². The van der Waals surface area contributed by atoms with E-state index in [4.69, 9.17) is 9.47 Å². The molecular weight excluding hydrogens is 195 g/mol. The van der Waals surface area contributed by atoms with Gasteiger partial charge in [0.15, 0.2) is 0 Å². The van der Waals surface area contributed by atoms with Gasteiger partial charge in [0.05, 0.1) is 12.2 Å². The minimum atomic E-state index is -0.0453. The van der Waals surface area contributed by atoms with Crippen molar-refractivity contribution in [2.45, 2.75) is 58.5 Å². The third-order valence-corrected chi connectivity index (χ3v) is 5.54. The van der Waals surface area contributed by atoms with Gasteiger partial charge in [-0.05, 0) is 24.2 Å². The van der Waals surface area contributed by atoms with E-state index in [9.17, 15) is 0 Å². The van der Waals surface area contributed by atoms with Crippen molar-refractivity contribution in [2.24, 2.45) is 16.7 Å². The van der Waals surface area contributed by atoms with E-state index in [0.717, 1.165) is 6.42 Å². The Balaban J connectivity index is 0.000000963. The van der Waals surface area contributed by atoms with Crippen LogP contribution in [0.3, 0.4) is 0 Å². The van der Waals surface area contributed by atoms with Crippen LogP contribution in [0.4, 0.5) is 0 Å². The molecule has 0 radical (unpaired) electrons. The summed E-state index contributed by atoms with van der Waals surface area (Å²) < 4.78 is 12.0. The zero-order valence-corrected chi connectivity index (χ0v) is 11.0. The summed E-state index contributed by atoms with van der Waals surface area (Å²) >= 11 is 0. The predicted octanol–water partition coefficient (Wildman–Crippen LogP) is -0.219. The maximum absolute atomic E-state index is 6.02. The smallest absolute Gasteiger partial charge is 0.349 e. The average molecular weight is 216 g/mol. The molecule has 16 heavy (non-hydrogen) atoms. The fourth-order valence-electron chi connectivity index (χ4n) is 4.12. The predicted molar refractivity (Wildman–Crippen MR) is 58.1 cm³/mol. The summed E-state index contributed by atoms with van der Waals surface area (Å²) in [4.78, 5) is 0. The summed E-state index contributed by atoms with van der Waals surface area (Å²) in [5.74, 6) is 0.684. The first-order valence-electron chi connectivity index (χ1n) is 6.11. The molecule has 3 rings (SSSR count). The van der Waals surface area contributed by atoms with Crippen LogP contribution in [-0.2, 0) is 9.47 Å². The molecule has 1 saturated heterocycles. The van der Waals surface area contributed by atoms with E-state index in [2.05, 4.69) is 27.7 Å². The molecule has 0 aromatic carbocycles. The topological polar surface area (TPSA) is 18.5 Å². The Hall–Kier alpha value is 0.517. The SMILES string of the molecule is [CH2-]CC1OC2C3CCC(C)(C2O1)C3(C)C.[Li+]. The fourth-order valence-corrected chi connectivity index (χ4v) is 4.12. The van der Waals surface area contributed by atoms with Gasteiger partial charge in [-0.2, -0.15) is 0 Å². The summed E-state index contributed by atoms with van der Waals surface area (Å²) in [6, 6.07) is 0. The van der Waals surface area contributed by atoms with Crippen LogP contribution in [0.25, 0.3) is 0 Å². The first-order chi connectivity index (χ1) is 7.00. The second-order valence-electron chi connectivity index (χ2n) is 6.16. The van der Waals surface area contributed by atoms with E-state index in [1.165, 1.54) is 12.8 Å². The first-order valence-corrected chi connectivity index (χ1v) is 6.11. The van der Waals surface area contributed by atoms with E-state index in [-0.39, 0.29) is 25.2 Å². The minimum absolute atomic E-state index is 0. The van der Waals surface area contributed by atoms with E-state index >= 15 is 0 Å². The van der Waals surface area contributed by atoms with Crippen molar-refractivity contribution in [3.05, 3.63) is 6.92 Å². The molecule has 86 valence electrons. The average Bonchev–Trinajstić information content (AvgIpc) is 2.74. The third-order valence-electron chi connectivity index (χ3n) is 5.54. The van der Waals surface area contributed by atoms with Gasteiger partial charge in [0.25, 0.3) is 0 Å². The molecule has 3 heteroatoms. The van der Waals surface area contributed by atoms with Crippen molar-refractivity contribution in [1.29, 1.82) is 0 Å².